The van der Waals surface area contributed by atoms with Crippen LogP contribution in [0.5, 0.6) is 0 Å². The van der Waals surface area contributed by atoms with Gasteiger partial charge < -0.3 is 9.32 Å². The largest absolute Gasteiger partial charge is 0.459 e. The third kappa shape index (κ3) is 3.16. The Morgan fingerprint density at radius 3 is 2.86 bits per heavy atom. The number of amides is 1. The number of furan rings is 1. The molecule has 0 spiro atoms. The molecule has 7 nitrogen and oxygen atoms in total. The molecule has 4 aromatic rings. The highest BCUT2D eigenvalue weighted by Gasteiger charge is 2.29. The van der Waals surface area contributed by atoms with Crippen molar-refractivity contribution in [2.75, 3.05) is 0 Å². The Labute approximate surface area is 168 Å². The van der Waals surface area contributed by atoms with Gasteiger partial charge in [0.05, 0.1) is 18.3 Å². The van der Waals surface area contributed by atoms with Crippen LogP contribution in [0.2, 0.25) is 0 Å². The molecule has 1 fully saturated rings. The third-order valence-corrected chi connectivity index (χ3v) is 5.92. The van der Waals surface area contributed by atoms with Gasteiger partial charge in [0.25, 0.3) is 5.91 Å². The molecule has 29 heavy (non-hydrogen) atoms. The molecular formula is C22H23N5O2. The minimum atomic E-state index is -0.0723. The number of nitrogens with zero attached hydrogens (tertiary/aromatic N) is 5. The Bertz CT molecular complexity index is 1160. The topological polar surface area (TPSA) is 76.5 Å². The predicted octanol–water partition coefficient (Wildman–Crippen LogP) is 4.15. The van der Waals surface area contributed by atoms with Crippen LogP contribution in [-0.4, -0.2) is 36.9 Å². The average Bonchev–Trinajstić information content (AvgIpc) is 3.44. The molecule has 0 N–H and O–H groups in total. The van der Waals surface area contributed by atoms with E-state index in [9.17, 15) is 4.79 Å². The maximum absolute atomic E-state index is 13.3. The first-order chi connectivity index (χ1) is 14.2. The van der Waals surface area contributed by atoms with Gasteiger partial charge in [0.15, 0.2) is 11.4 Å². The molecule has 0 bridgehead atoms. The maximum atomic E-state index is 13.3. The van der Waals surface area contributed by atoms with Crippen molar-refractivity contribution in [1.29, 1.82) is 0 Å². The van der Waals surface area contributed by atoms with Crippen LogP contribution in [0, 0.1) is 6.92 Å². The summed E-state index contributed by atoms with van der Waals surface area (Å²) in [5.41, 5.74) is 3.75. The van der Waals surface area contributed by atoms with Crippen LogP contribution in [0.15, 0.2) is 47.1 Å². The number of benzene rings is 1. The standard InChI is InChI=1S/C22H23N5O2/c1-15-7-5-8-16-13-17(21-23-24-25-27(21)20(15)16)14-26(18-9-3-2-4-10-18)22(28)19-11-6-12-29-19/h5-8,11-13,18H,2-4,9-10,14H2,1H3. The second kappa shape index (κ2) is 7.31. The van der Waals surface area contributed by atoms with Crippen molar-refractivity contribution < 1.29 is 9.21 Å². The first-order valence-corrected chi connectivity index (χ1v) is 10.2. The SMILES string of the molecule is Cc1cccc2cc(CN(C(=O)c3ccco3)C3CCCCC3)c3nnnn3c12. The van der Waals surface area contributed by atoms with E-state index >= 15 is 0 Å². The van der Waals surface area contributed by atoms with Crippen molar-refractivity contribution >= 4 is 22.5 Å². The molecular weight excluding hydrogens is 366 g/mol. The maximum Gasteiger partial charge on any atom is 0.290 e. The van der Waals surface area contributed by atoms with Crippen LogP contribution in [0.25, 0.3) is 16.6 Å². The number of carbonyl (C=O) groups excluding carboxylic acids is 1. The Morgan fingerprint density at radius 2 is 2.07 bits per heavy atom. The predicted molar refractivity (Wildman–Crippen MR) is 108 cm³/mol. The van der Waals surface area contributed by atoms with Crippen LogP contribution in [-0.2, 0) is 6.54 Å². The Hall–Kier alpha value is -3.22. The molecule has 1 saturated carbocycles. The fourth-order valence-corrected chi connectivity index (χ4v) is 4.48. The van der Waals surface area contributed by atoms with E-state index in [1.54, 1.807) is 22.9 Å². The molecule has 1 aliphatic rings. The molecule has 1 aromatic carbocycles. The molecule has 1 aliphatic carbocycles. The first kappa shape index (κ1) is 17.8. The van der Waals surface area contributed by atoms with Crippen molar-refractivity contribution in [3.63, 3.8) is 0 Å². The fourth-order valence-electron chi connectivity index (χ4n) is 4.48. The summed E-state index contributed by atoms with van der Waals surface area (Å²) in [7, 11) is 0. The van der Waals surface area contributed by atoms with Crippen LogP contribution in [0.3, 0.4) is 0 Å². The number of para-hydroxylation sites is 1. The zero-order valence-corrected chi connectivity index (χ0v) is 16.4. The van der Waals surface area contributed by atoms with Gasteiger partial charge in [0.2, 0.25) is 0 Å². The summed E-state index contributed by atoms with van der Waals surface area (Å²) < 4.78 is 7.21. The number of pyridine rings is 1. The van der Waals surface area contributed by atoms with Crippen molar-refractivity contribution in [3.8, 4) is 0 Å². The van der Waals surface area contributed by atoms with Gasteiger partial charge in [-0.05, 0) is 54.0 Å². The van der Waals surface area contributed by atoms with Crippen molar-refractivity contribution in [3.05, 3.63) is 59.5 Å². The smallest absolute Gasteiger partial charge is 0.290 e. The molecule has 148 valence electrons. The third-order valence-electron chi connectivity index (χ3n) is 5.92. The number of aromatic nitrogens is 4. The number of carbonyl (C=O) groups is 1. The Kier molecular flexibility index (Phi) is 4.50. The summed E-state index contributed by atoms with van der Waals surface area (Å²) in [5.74, 6) is 0.305. The van der Waals surface area contributed by atoms with Crippen LogP contribution < -0.4 is 0 Å². The van der Waals surface area contributed by atoms with E-state index < -0.39 is 0 Å². The van der Waals surface area contributed by atoms with E-state index in [-0.39, 0.29) is 11.9 Å². The van der Waals surface area contributed by atoms with E-state index in [4.69, 9.17) is 4.42 Å². The molecule has 0 saturated heterocycles. The summed E-state index contributed by atoms with van der Waals surface area (Å²) in [6.45, 7) is 2.51. The minimum Gasteiger partial charge on any atom is -0.459 e. The normalized spacial score (nSPS) is 15.2. The van der Waals surface area contributed by atoms with Crippen LogP contribution >= 0.6 is 0 Å². The monoisotopic (exact) mass is 389 g/mol. The first-order valence-electron chi connectivity index (χ1n) is 10.2. The lowest BCUT2D eigenvalue weighted by atomic mass is 9.93. The number of rotatable bonds is 4. The quantitative estimate of drug-likeness (QED) is 0.524. The lowest BCUT2D eigenvalue weighted by molar-refractivity contribution is 0.0582. The molecule has 1 amide bonds. The summed E-state index contributed by atoms with van der Waals surface area (Å²) in [6.07, 6.45) is 7.09. The number of aryl methyl sites for hydroxylation is 1. The lowest BCUT2D eigenvalue weighted by Gasteiger charge is -2.34. The summed E-state index contributed by atoms with van der Waals surface area (Å²) in [6, 6.07) is 11.9. The second-order valence-corrected chi connectivity index (χ2v) is 7.80. The van der Waals surface area contributed by atoms with Gasteiger partial charge in [0.1, 0.15) is 0 Å². The van der Waals surface area contributed by atoms with Crippen molar-refractivity contribution in [2.24, 2.45) is 0 Å². The molecule has 0 unspecified atom stereocenters. The number of hydrogen-bond acceptors (Lipinski definition) is 5. The minimum absolute atomic E-state index is 0.0723. The van der Waals surface area contributed by atoms with Gasteiger partial charge in [-0.15, -0.1) is 5.10 Å². The molecule has 0 atom stereocenters. The van der Waals surface area contributed by atoms with Gasteiger partial charge in [-0.2, -0.15) is 4.52 Å². The molecule has 3 heterocycles. The van der Waals surface area contributed by atoms with E-state index in [1.807, 2.05) is 11.0 Å². The van der Waals surface area contributed by atoms with E-state index in [0.29, 0.717) is 18.0 Å². The fraction of sp³-hybridized carbons (Fsp3) is 0.364. The second-order valence-electron chi connectivity index (χ2n) is 7.80. The zero-order valence-electron chi connectivity index (χ0n) is 16.4. The Morgan fingerprint density at radius 1 is 1.21 bits per heavy atom. The van der Waals surface area contributed by atoms with E-state index in [1.165, 1.54) is 6.42 Å². The highest BCUT2D eigenvalue weighted by atomic mass is 16.3. The van der Waals surface area contributed by atoms with Gasteiger partial charge >= 0.3 is 0 Å². The van der Waals surface area contributed by atoms with Gasteiger partial charge in [0, 0.05) is 17.0 Å². The zero-order chi connectivity index (χ0) is 19.8. The molecule has 5 rings (SSSR count). The summed E-state index contributed by atoms with van der Waals surface area (Å²) in [5, 5.41) is 13.5. The molecule has 0 aliphatic heterocycles. The van der Waals surface area contributed by atoms with E-state index in [0.717, 1.165) is 47.7 Å². The highest BCUT2D eigenvalue weighted by Crippen LogP contribution is 2.28. The molecule has 7 heteroatoms. The Balaban J connectivity index is 1.60. The van der Waals surface area contributed by atoms with Crippen molar-refractivity contribution in [1.82, 2.24) is 24.9 Å². The lowest BCUT2D eigenvalue weighted by Crippen LogP contribution is -2.41. The molecule has 3 aromatic heterocycles. The van der Waals surface area contributed by atoms with E-state index in [2.05, 4.69) is 40.6 Å². The van der Waals surface area contributed by atoms with Gasteiger partial charge in [-0.25, -0.2) is 0 Å². The van der Waals surface area contributed by atoms with Crippen LogP contribution in [0.1, 0.15) is 53.8 Å². The molecule has 0 radical (unpaired) electrons. The number of tetrazole rings is 1. The number of fused-ring (bicyclic) bond motifs is 3. The van der Waals surface area contributed by atoms with Gasteiger partial charge in [-0.3, -0.25) is 4.79 Å². The summed E-state index contributed by atoms with van der Waals surface area (Å²) in [4.78, 5) is 15.2. The highest BCUT2D eigenvalue weighted by molar-refractivity contribution is 5.92. The summed E-state index contributed by atoms with van der Waals surface area (Å²) >= 11 is 0. The average molecular weight is 389 g/mol. The number of hydrogen-bond donors (Lipinski definition) is 0. The van der Waals surface area contributed by atoms with Gasteiger partial charge in [-0.1, -0.05) is 37.5 Å². The van der Waals surface area contributed by atoms with Crippen molar-refractivity contribution in [2.45, 2.75) is 51.6 Å². The van der Waals surface area contributed by atoms with Crippen LogP contribution in [0.4, 0.5) is 0 Å².